The van der Waals surface area contributed by atoms with Gasteiger partial charge in [-0.1, -0.05) is 18.2 Å². The van der Waals surface area contributed by atoms with Gasteiger partial charge in [-0.05, 0) is 30.5 Å². The number of nitrogens with one attached hydrogen (secondary N) is 1. The van der Waals surface area contributed by atoms with E-state index >= 15 is 0 Å². The van der Waals surface area contributed by atoms with Gasteiger partial charge in [-0.2, -0.15) is 0 Å². The van der Waals surface area contributed by atoms with Crippen molar-refractivity contribution in [3.8, 4) is 0 Å². The van der Waals surface area contributed by atoms with Crippen molar-refractivity contribution in [2.75, 3.05) is 19.0 Å². The topological polar surface area (TPSA) is 32.3 Å². The first-order chi connectivity index (χ1) is 8.54. The van der Waals surface area contributed by atoms with Crippen LogP contribution in [0.1, 0.15) is 24.0 Å². The Morgan fingerprint density at radius 2 is 2.17 bits per heavy atom. The van der Waals surface area contributed by atoms with Crippen LogP contribution in [-0.4, -0.2) is 20.0 Å². The van der Waals surface area contributed by atoms with E-state index in [9.17, 15) is 4.79 Å². The Morgan fingerprint density at radius 1 is 1.44 bits per heavy atom. The first kappa shape index (κ1) is 14.3. The second-order valence-electron chi connectivity index (χ2n) is 4.62. The molecule has 0 aromatic heterocycles. The van der Waals surface area contributed by atoms with Crippen LogP contribution in [-0.2, 0) is 11.3 Å². The van der Waals surface area contributed by atoms with Gasteiger partial charge in [0.1, 0.15) is 0 Å². The third-order valence-corrected chi connectivity index (χ3v) is 2.81. The molecular weight excluding hydrogens is 224 g/mol. The molecule has 1 aromatic rings. The lowest BCUT2D eigenvalue weighted by molar-refractivity contribution is -0.121. The Balaban J connectivity index is 2.56. The van der Waals surface area contributed by atoms with Crippen LogP contribution in [0.4, 0.5) is 5.69 Å². The van der Waals surface area contributed by atoms with Crippen LogP contribution in [0, 0.1) is 6.92 Å². The maximum absolute atomic E-state index is 11.5. The summed E-state index contributed by atoms with van der Waals surface area (Å²) in [4.78, 5) is 13.6. The molecule has 3 heteroatoms. The van der Waals surface area contributed by atoms with Crippen LogP contribution in [0.3, 0.4) is 0 Å². The van der Waals surface area contributed by atoms with Crippen LogP contribution in [0.25, 0.3) is 0 Å². The maximum atomic E-state index is 11.5. The minimum Gasteiger partial charge on any atom is -0.377 e. The maximum Gasteiger partial charge on any atom is 0.220 e. The molecule has 0 saturated carbocycles. The van der Waals surface area contributed by atoms with Gasteiger partial charge in [0.15, 0.2) is 0 Å². The quantitative estimate of drug-likeness (QED) is 0.783. The van der Waals surface area contributed by atoms with Crippen molar-refractivity contribution in [1.29, 1.82) is 0 Å². The van der Waals surface area contributed by atoms with Gasteiger partial charge in [0.2, 0.25) is 5.91 Å². The van der Waals surface area contributed by atoms with Crippen molar-refractivity contribution >= 4 is 11.6 Å². The number of anilines is 1. The number of aryl methyl sites for hydroxylation is 1. The molecule has 0 fully saturated rings. The molecule has 1 rings (SSSR count). The molecule has 18 heavy (non-hydrogen) atoms. The molecule has 1 amide bonds. The largest absolute Gasteiger partial charge is 0.377 e. The molecule has 0 spiro atoms. The van der Waals surface area contributed by atoms with E-state index in [1.54, 1.807) is 6.08 Å². The highest BCUT2D eigenvalue weighted by molar-refractivity contribution is 5.76. The van der Waals surface area contributed by atoms with Crippen molar-refractivity contribution in [3.63, 3.8) is 0 Å². The van der Waals surface area contributed by atoms with Gasteiger partial charge in [0, 0.05) is 32.7 Å². The summed E-state index contributed by atoms with van der Waals surface area (Å²) in [5, 5.41) is 2.91. The first-order valence-corrected chi connectivity index (χ1v) is 6.19. The van der Waals surface area contributed by atoms with Gasteiger partial charge >= 0.3 is 0 Å². The smallest absolute Gasteiger partial charge is 0.220 e. The zero-order valence-corrected chi connectivity index (χ0v) is 11.5. The van der Waals surface area contributed by atoms with E-state index in [-0.39, 0.29) is 5.91 Å². The number of hydrogen-bond acceptors (Lipinski definition) is 2. The van der Waals surface area contributed by atoms with Gasteiger partial charge in [-0.25, -0.2) is 0 Å². The van der Waals surface area contributed by atoms with E-state index < -0.39 is 0 Å². The fraction of sp³-hybridized carbons (Fsp3) is 0.400. The number of benzene rings is 1. The average molecular weight is 246 g/mol. The van der Waals surface area contributed by atoms with Crippen molar-refractivity contribution in [3.05, 3.63) is 42.0 Å². The standard InChI is InChI=1S/C15H22N2O/c1-5-6-7-15(18)16-11-13-8-9-14(17(3)4)12(2)10-13/h5,8-10H,1,6-7,11H2,2-4H3,(H,16,18). The van der Waals surface area contributed by atoms with Gasteiger partial charge in [0.25, 0.3) is 0 Å². The Hall–Kier alpha value is -1.77. The number of carbonyl (C=O) groups excluding carboxylic acids is 1. The third kappa shape index (κ3) is 4.24. The predicted molar refractivity (Wildman–Crippen MR) is 76.8 cm³/mol. The number of hydrogen-bond donors (Lipinski definition) is 1. The lowest BCUT2D eigenvalue weighted by Crippen LogP contribution is -2.22. The van der Waals surface area contributed by atoms with Crippen LogP contribution in [0.2, 0.25) is 0 Å². The summed E-state index contributed by atoms with van der Waals surface area (Å²) in [6.45, 7) is 6.27. The van der Waals surface area contributed by atoms with Crippen molar-refractivity contribution < 1.29 is 4.79 Å². The average Bonchev–Trinajstić information content (AvgIpc) is 2.33. The Bertz CT molecular complexity index is 425. The first-order valence-electron chi connectivity index (χ1n) is 6.19. The number of rotatable bonds is 6. The third-order valence-electron chi connectivity index (χ3n) is 2.81. The van der Waals surface area contributed by atoms with Crippen molar-refractivity contribution in [2.45, 2.75) is 26.3 Å². The summed E-state index contributed by atoms with van der Waals surface area (Å²) < 4.78 is 0. The second kappa shape index (κ2) is 6.84. The van der Waals surface area contributed by atoms with Crippen molar-refractivity contribution in [2.24, 2.45) is 0 Å². The normalized spacial score (nSPS) is 9.94. The molecule has 0 aliphatic heterocycles. The molecule has 0 radical (unpaired) electrons. The Kier molecular flexibility index (Phi) is 5.43. The second-order valence-corrected chi connectivity index (χ2v) is 4.62. The lowest BCUT2D eigenvalue weighted by atomic mass is 10.1. The predicted octanol–water partition coefficient (Wildman–Crippen LogP) is 2.64. The molecule has 0 aliphatic carbocycles. The molecule has 0 unspecified atom stereocenters. The molecule has 0 aliphatic rings. The van der Waals surface area contributed by atoms with E-state index in [1.807, 2.05) is 14.1 Å². The molecule has 1 aromatic carbocycles. The molecule has 0 atom stereocenters. The zero-order valence-electron chi connectivity index (χ0n) is 11.5. The SMILES string of the molecule is C=CCCC(=O)NCc1ccc(N(C)C)c(C)c1. The summed E-state index contributed by atoms with van der Waals surface area (Å²) in [6.07, 6.45) is 3.00. The van der Waals surface area contributed by atoms with Crippen molar-refractivity contribution in [1.82, 2.24) is 5.32 Å². The van der Waals surface area contributed by atoms with Gasteiger partial charge in [-0.3, -0.25) is 4.79 Å². The summed E-state index contributed by atoms with van der Waals surface area (Å²) in [6, 6.07) is 6.25. The van der Waals surface area contributed by atoms with Crippen LogP contribution < -0.4 is 10.2 Å². The molecule has 0 bridgehead atoms. The lowest BCUT2D eigenvalue weighted by Gasteiger charge is -2.16. The number of carbonyl (C=O) groups is 1. The summed E-state index contributed by atoms with van der Waals surface area (Å²) in [7, 11) is 4.05. The fourth-order valence-electron chi connectivity index (χ4n) is 1.85. The number of amides is 1. The molecule has 0 heterocycles. The van der Waals surface area contributed by atoms with Crippen LogP contribution in [0.15, 0.2) is 30.9 Å². The number of nitrogens with zero attached hydrogens (tertiary/aromatic N) is 1. The Morgan fingerprint density at radius 3 is 2.72 bits per heavy atom. The molecule has 0 saturated heterocycles. The van der Waals surface area contributed by atoms with Crippen LogP contribution in [0.5, 0.6) is 0 Å². The minimum absolute atomic E-state index is 0.0734. The van der Waals surface area contributed by atoms with E-state index in [0.717, 1.165) is 12.0 Å². The summed E-state index contributed by atoms with van der Waals surface area (Å²) >= 11 is 0. The molecule has 1 N–H and O–H groups in total. The highest BCUT2D eigenvalue weighted by atomic mass is 16.1. The highest BCUT2D eigenvalue weighted by Crippen LogP contribution is 2.18. The van der Waals surface area contributed by atoms with Gasteiger partial charge in [-0.15, -0.1) is 6.58 Å². The van der Waals surface area contributed by atoms with Gasteiger partial charge in [0.05, 0.1) is 0 Å². The van der Waals surface area contributed by atoms with Crippen LogP contribution >= 0.6 is 0 Å². The molecular formula is C15H22N2O. The zero-order chi connectivity index (χ0) is 13.5. The monoisotopic (exact) mass is 246 g/mol. The summed E-state index contributed by atoms with van der Waals surface area (Å²) in [5.41, 5.74) is 3.56. The van der Waals surface area contributed by atoms with E-state index in [1.165, 1.54) is 11.3 Å². The van der Waals surface area contributed by atoms with E-state index in [4.69, 9.17) is 0 Å². The fourth-order valence-corrected chi connectivity index (χ4v) is 1.85. The molecule has 98 valence electrons. The summed E-state index contributed by atoms with van der Waals surface area (Å²) in [5.74, 6) is 0.0734. The minimum atomic E-state index is 0.0734. The Labute approximate surface area is 109 Å². The van der Waals surface area contributed by atoms with E-state index in [0.29, 0.717) is 13.0 Å². The van der Waals surface area contributed by atoms with E-state index in [2.05, 4.69) is 41.9 Å². The molecule has 3 nitrogen and oxygen atoms in total. The van der Waals surface area contributed by atoms with Gasteiger partial charge < -0.3 is 10.2 Å². The number of allylic oxidation sites excluding steroid dienone is 1. The highest BCUT2D eigenvalue weighted by Gasteiger charge is 2.03.